The zero-order valence-corrected chi connectivity index (χ0v) is 16.2. The molecule has 0 unspecified atom stereocenters. The lowest BCUT2D eigenvalue weighted by atomic mass is 10.1. The molecule has 2 aromatic rings. The molecule has 1 aliphatic rings. The second-order valence-corrected chi connectivity index (χ2v) is 6.43. The first-order valence-corrected chi connectivity index (χ1v) is 8.97. The Labute approximate surface area is 160 Å². The topological polar surface area (TPSA) is 34.2 Å². The Balaban J connectivity index is 1.64. The Bertz CT molecular complexity index is 756. The zero-order valence-electron chi connectivity index (χ0n) is 15.4. The van der Waals surface area contributed by atoms with Gasteiger partial charge in [0.25, 0.3) is 0 Å². The van der Waals surface area contributed by atoms with E-state index in [2.05, 4.69) is 21.9 Å². The summed E-state index contributed by atoms with van der Waals surface area (Å²) >= 11 is 5.71. The first-order valence-electron chi connectivity index (χ1n) is 8.56. The highest BCUT2D eigenvalue weighted by atomic mass is 32.1. The lowest BCUT2D eigenvalue weighted by molar-refractivity contribution is 0.354. The van der Waals surface area contributed by atoms with Crippen molar-refractivity contribution in [1.29, 1.82) is 0 Å². The molecule has 0 aromatic heterocycles. The number of ether oxygens (including phenoxy) is 3. The predicted octanol–water partition coefficient (Wildman–Crippen LogP) is 3.21. The van der Waals surface area contributed by atoms with E-state index in [0.717, 1.165) is 42.5 Å². The lowest BCUT2D eigenvalue weighted by Crippen LogP contribution is -2.48. The van der Waals surface area contributed by atoms with Crippen LogP contribution in [0.5, 0.6) is 17.2 Å². The van der Waals surface area contributed by atoms with Crippen LogP contribution in [0.1, 0.15) is 5.56 Å². The molecule has 6 heteroatoms. The SMILES string of the molecule is COc1ccc(N2CCN(C(=S)c3ccc(OC)c(OC)c3)CC2)cc1. The Hall–Kier alpha value is -2.47. The maximum absolute atomic E-state index is 5.71. The normalized spacial score (nSPS) is 14.1. The van der Waals surface area contributed by atoms with E-state index in [9.17, 15) is 0 Å². The molecule has 1 saturated heterocycles. The van der Waals surface area contributed by atoms with Crippen molar-refractivity contribution >= 4 is 22.9 Å². The minimum Gasteiger partial charge on any atom is -0.497 e. The van der Waals surface area contributed by atoms with Gasteiger partial charge in [0.1, 0.15) is 10.7 Å². The molecule has 1 fully saturated rings. The molecule has 3 rings (SSSR count). The number of rotatable bonds is 5. The largest absolute Gasteiger partial charge is 0.497 e. The van der Waals surface area contributed by atoms with Gasteiger partial charge in [-0.25, -0.2) is 0 Å². The van der Waals surface area contributed by atoms with Gasteiger partial charge in [0.2, 0.25) is 0 Å². The summed E-state index contributed by atoms with van der Waals surface area (Å²) in [5.41, 5.74) is 2.19. The van der Waals surface area contributed by atoms with Crippen LogP contribution in [0.25, 0.3) is 0 Å². The van der Waals surface area contributed by atoms with Crippen molar-refractivity contribution in [3.8, 4) is 17.2 Å². The van der Waals surface area contributed by atoms with Gasteiger partial charge >= 0.3 is 0 Å². The minimum atomic E-state index is 0.698. The van der Waals surface area contributed by atoms with Crippen LogP contribution in [0.4, 0.5) is 5.69 Å². The van der Waals surface area contributed by atoms with E-state index < -0.39 is 0 Å². The fraction of sp³-hybridized carbons (Fsp3) is 0.350. The van der Waals surface area contributed by atoms with E-state index in [1.165, 1.54) is 5.69 Å². The average Bonchev–Trinajstić information content (AvgIpc) is 2.73. The second kappa shape index (κ2) is 8.27. The molecule has 1 aliphatic heterocycles. The molecule has 0 spiro atoms. The molecule has 26 heavy (non-hydrogen) atoms. The fourth-order valence-electron chi connectivity index (χ4n) is 3.11. The summed E-state index contributed by atoms with van der Waals surface area (Å²) in [6.07, 6.45) is 0. The van der Waals surface area contributed by atoms with Gasteiger partial charge in [-0.1, -0.05) is 12.2 Å². The summed E-state index contributed by atoms with van der Waals surface area (Å²) in [6, 6.07) is 14.0. The quantitative estimate of drug-likeness (QED) is 0.750. The van der Waals surface area contributed by atoms with E-state index in [0.29, 0.717) is 11.5 Å². The van der Waals surface area contributed by atoms with Crippen LogP contribution in [0, 0.1) is 0 Å². The predicted molar refractivity (Wildman–Crippen MR) is 108 cm³/mol. The van der Waals surface area contributed by atoms with Crippen LogP contribution in [0.2, 0.25) is 0 Å². The standard InChI is InChI=1S/C20H24N2O3S/c1-23-17-7-5-16(6-8-17)21-10-12-22(13-11-21)20(26)15-4-9-18(24-2)19(14-15)25-3/h4-9,14H,10-13H2,1-3H3. The van der Waals surface area contributed by atoms with Crippen LogP contribution in [-0.4, -0.2) is 57.4 Å². The lowest BCUT2D eigenvalue weighted by Gasteiger charge is -2.37. The number of benzene rings is 2. The molecule has 0 radical (unpaired) electrons. The molecule has 1 heterocycles. The van der Waals surface area contributed by atoms with Crippen LogP contribution < -0.4 is 19.1 Å². The van der Waals surface area contributed by atoms with Crippen LogP contribution >= 0.6 is 12.2 Å². The molecule has 2 aromatic carbocycles. The number of hydrogen-bond donors (Lipinski definition) is 0. The molecule has 0 bridgehead atoms. The maximum Gasteiger partial charge on any atom is 0.161 e. The number of anilines is 1. The monoisotopic (exact) mass is 372 g/mol. The van der Waals surface area contributed by atoms with Gasteiger partial charge in [-0.05, 0) is 42.5 Å². The highest BCUT2D eigenvalue weighted by molar-refractivity contribution is 7.80. The molecule has 0 amide bonds. The van der Waals surface area contributed by atoms with E-state index in [-0.39, 0.29) is 0 Å². The number of hydrogen-bond acceptors (Lipinski definition) is 5. The third kappa shape index (κ3) is 3.85. The molecule has 138 valence electrons. The smallest absolute Gasteiger partial charge is 0.161 e. The summed E-state index contributed by atoms with van der Waals surface area (Å²) in [6.45, 7) is 3.64. The van der Waals surface area contributed by atoms with E-state index >= 15 is 0 Å². The van der Waals surface area contributed by atoms with Gasteiger partial charge in [0.05, 0.1) is 21.3 Å². The van der Waals surface area contributed by atoms with Gasteiger partial charge in [-0.15, -0.1) is 0 Å². The number of thiocarbonyl (C=S) groups is 1. The average molecular weight is 372 g/mol. The fourth-order valence-corrected chi connectivity index (χ4v) is 3.42. The number of methoxy groups -OCH3 is 3. The van der Waals surface area contributed by atoms with Crippen LogP contribution in [0.15, 0.2) is 42.5 Å². The Morgan fingerprint density at radius 1 is 0.808 bits per heavy atom. The Kier molecular flexibility index (Phi) is 5.83. The van der Waals surface area contributed by atoms with E-state index in [4.69, 9.17) is 26.4 Å². The third-order valence-corrected chi connectivity index (χ3v) is 5.13. The highest BCUT2D eigenvalue weighted by Crippen LogP contribution is 2.28. The Morgan fingerprint density at radius 3 is 2.04 bits per heavy atom. The summed E-state index contributed by atoms with van der Waals surface area (Å²) in [4.78, 5) is 5.46. The van der Waals surface area contributed by atoms with Crippen molar-refractivity contribution in [1.82, 2.24) is 4.90 Å². The molecule has 0 N–H and O–H groups in total. The summed E-state index contributed by atoms with van der Waals surface area (Å²) < 4.78 is 15.9. The number of nitrogens with zero attached hydrogens (tertiary/aromatic N) is 2. The molecular formula is C20H24N2O3S. The first-order chi connectivity index (χ1) is 12.7. The highest BCUT2D eigenvalue weighted by Gasteiger charge is 2.21. The molecular weight excluding hydrogens is 348 g/mol. The van der Waals surface area contributed by atoms with Crippen molar-refractivity contribution in [2.45, 2.75) is 0 Å². The summed E-state index contributed by atoms with van der Waals surface area (Å²) in [7, 11) is 4.95. The van der Waals surface area contributed by atoms with Gasteiger partial charge < -0.3 is 24.0 Å². The van der Waals surface area contributed by atoms with Crippen molar-refractivity contribution < 1.29 is 14.2 Å². The number of piperazine rings is 1. The molecule has 0 saturated carbocycles. The second-order valence-electron chi connectivity index (χ2n) is 6.05. The van der Waals surface area contributed by atoms with Crippen LogP contribution in [0.3, 0.4) is 0 Å². The molecule has 0 aliphatic carbocycles. The first kappa shape index (κ1) is 18.3. The van der Waals surface area contributed by atoms with Crippen molar-refractivity contribution in [3.63, 3.8) is 0 Å². The Morgan fingerprint density at radius 2 is 1.46 bits per heavy atom. The summed E-state index contributed by atoms with van der Waals surface area (Å²) in [5, 5.41) is 0. The van der Waals surface area contributed by atoms with Gasteiger partial charge in [0.15, 0.2) is 11.5 Å². The van der Waals surface area contributed by atoms with Crippen molar-refractivity contribution in [2.75, 3.05) is 52.4 Å². The van der Waals surface area contributed by atoms with Crippen LogP contribution in [-0.2, 0) is 0 Å². The van der Waals surface area contributed by atoms with E-state index in [1.807, 2.05) is 30.3 Å². The van der Waals surface area contributed by atoms with Gasteiger partial charge in [-0.3, -0.25) is 0 Å². The van der Waals surface area contributed by atoms with Crippen molar-refractivity contribution in [2.24, 2.45) is 0 Å². The summed E-state index contributed by atoms with van der Waals surface area (Å²) in [5.74, 6) is 2.29. The zero-order chi connectivity index (χ0) is 18.5. The third-order valence-electron chi connectivity index (χ3n) is 4.63. The molecule has 0 atom stereocenters. The van der Waals surface area contributed by atoms with Crippen molar-refractivity contribution in [3.05, 3.63) is 48.0 Å². The van der Waals surface area contributed by atoms with E-state index in [1.54, 1.807) is 21.3 Å². The van der Waals surface area contributed by atoms with Gasteiger partial charge in [-0.2, -0.15) is 0 Å². The molecule has 5 nitrogen and oxygen atoms in total. The van der Waals surface area contributed by atoms with Gasteiger partial charge in [0, 0.05) is 37.4 Å². The maximum atomic E-state index is 5.71. The minimum absolute atomic E-state index is 0.698.